The minimum absolute atomic E-state index is 0.845. The van der Waals surface area contributed by atoms with E-state index in [0.717, 1.165) is 33.6 Å². The normalized spacial score (nSPS) is 11.0. The lowest BCUT2D eigenvalue weighted by atomic mass is 10.0. The van der Waals surface area contributed by atoms with E-state index in [9.17, 15) is 0 Å². The summed E-state index contributed by atoms with van der Waals surface area (Å²) in [6.07, 6.45) is 0. The van der Waals surface area contributed by atoms with Crippen LogP contribution in [0.15, 0.2) is 70.5 Å². The molecule has 0 atom stereocenters. The van der Waals surface area contributed by atoms with E-state index in [0.29, 0.717) is 0 Å². The average molecular weight is 306 g/mol. The number of furan rings is 1. The van der Waals surface area contributed by atoms with Gasteiger partial charge in [0.15, 0.2) is 0 Å². The molecule has 3 heteroatoms. The third-order valence-electron chi connectivity index (χ3n) is 3.72. The number of hydrogen-bond donors (Lipinski definition) is 0. The predicted octanol–water partition coefficient (Wildman–Crippen LogP) is 5.84. The van der Waals surface area contributed by atoms with Gasteiger partial charge in [0.05, 0.1) is 7.11 Å². The number of benzene rings is 2. The predicted molar refractivity (Wildman–Crippen MR) is 91.5 cm³/mol. The molecule has 0 amide bonds. The summed E-state index contributed by atoms with van der Waals surface area (Å²) in [5, 5.41) is 3.24. The summed E-state index contributed by atoms with van der Waals surface area (Å²) < 4.78 is 11.4. The molecule has 2 heterocycles. The van der Waals surface area contributed by atoms with Crippen LogP contribution in [0.1, 0.15) is 0 Å². The van der Waals surface area contributed by atoms with E-state index < -0.39 is 0 Å². The maximum atomic E-state index is 6.15. The lowest BCUT2D eigenvalue weighted by Crippen LogP contribution is -1.83. The van der Waals surface area contributed by atoms with Gasteiger partial charge in [-0.3, -0.25) is 0 Å². The van der Waals surface area contributed by atoms with E-state index in [-0.39, 0.29) is 0 Å². The molecule has 0 aliphatic heterocycles. The molecular formula is C19H14O2S. The lowest BCUT2D eigenvalue weighted by molar-refractivity contribution is 0.415. The van der Waals surface area contributed by atoms with Gasteiger partial charge < -0.3 is 9.15 Å². The third kappa shape index (κ3) is 2.11. The summed E-state index contributed by atoms with van der Waals surface area (Å²) in [4.78, 5) is 1.22. The monoisotopic (exact) mass is 306 g/mol. The Morgan fingerprint density at radius 2 is 1.73 bits per heavy atom. The fraction of sp³-hybridized carbons (Fsp3) is 0.0526. The zero-order valence-electron chi connectivity index (χ0n) is 12.1. The Morgan fingerprint density at radius 1 is 0.909 bits per heavy atom. The SMILES string of the molecule is COc1ccc(-c2oc3ccccc3c2-c2cccs2)cc1. The number of hydrogen-bond acceptors (Lipinski definition) is 3. The highest BCUT2D eigenvalue weighted by Gasteiger charge is 2.17. The molecule has 22 heavy (non-hydrogen) atoms. The number of thiophene rings is 1. The molecule has 2 aromatic carbocycles. The molecule has 0 N–H and O–H groups in total. The van der Waals surface area contributed by atoms with Crippen LogP contribution in [0.2, 0.25) is 0 Å². The highest BCUT2D eigenvalue weighted by molar-refractivity contribution is 7.13. The topological polar surface area (TPSA) is 22.4 Å². The van der Waals surface area contributed by atoms with Crippen molar-refractivity contribution in [3.8, 4) is 27.5 Å². The van der Waals surface area contributed by atoms with Gasteiger partial charge in [0.1, 0.15) is 17.1 Å². The number of methoxy groups -OCH3 is 1. The second-order valence-corrected chi connectivity index (χ2v) is 5.96. The molecule has 0 saturated heterocycles. The molecule has 0 radical (unpaired) electrons. The molecule has 0 saturated carbocycles. The average Bonchev–Trinajstić information content (AvgIpc) is 3.21. The molecule has 4 aromatic rings. The molecular weight excluding hydrogens is 292 g/mol. The number of para-hydroxylation sites is 1. The standard InChI is InChI=1S/C19H14O2S/c1-20-14-10-8-13(9-11-14)19-18(17-7-4-12-22-17)15-5-2-3-6-16(15)21-19/h2-12H,1H3. The van der Waals surface area contributed by atoms with Gasteiger partial charge in [-0.25, -0.2) is 0 Å². The smallest absolute Gasteiger partial charge is 0.144 e. The molecule has 0 bridgehead atoms. The summed E-state index contributed by atoms with van der Waals surface area (Å²) >= 11 is 1.73. The van der Waals surface area contributed by atoms with Gasteiger partial charge in [0.25, 0.3) is 0 Å². The van der Waals surface area contributed by atoms with Crippen LogP contribution in [0, 0.1) is 0 Å². The van der Waals surface area contributed by atoms with Crippen LogP contribution in [-0.4, -0.2) is 7.11 Å². The van der Waals surface area contributed by atoms with Crippen LogP contribution < -0.4 is 4.74 Å². The van der Waals surface area contributed by atoms with E-state index in [4.69, 9.17) is 9.15 Å². The van der Waals surface area contributed by atoms with Crippen LogP contribution >= 0.6 is 11.3 Å². The maximum Gasteiger partial charge on any atom is 0.144 e. The van der Waals surface area contributed by atoms with Crippen LogP contribution in [0.25, 0.3) is 32.7 Å². The van der Waals surface area contributed by atoms with Crippen molar-refractivity contribution in [2.75, 3.05) is 7.11 Å². The van der Waals surface area contributed by atoms with Crippen molar-refractivity contribution in [2.45, 2.75) is 0 Å². The highest BCUT2D eigenvalue weighted by Crippen LogP contribution is 2.42. The lowest BCUT2D eigenvalue weighted by Gasteiger charge is -2.03. The fourth-order valence-corrected chi connectivity index (χ4v) is 3.44. The minimum Gasteiger partial charge on any atom is -0.497 e. The molecule has 0 fully saturated rings. The zero-order chi connectivity index (χ0) is 14.9. The molecule has 0 spiro atoms. The summed E-state index contributed by atoms with van der Waals surface area (Å²) in [5.74, 6) is 1.75. The van der Waals surface area contributed by atoms with Crippen molar-refractivity contribution in [2.24, 2.45) is 0 Å². The van der Waals surface area contributed by atoms with E-state index >= 15 is 0 Å². The first-order chi connectivity index (χ1) is 10.9. The Morgan fingerprint density at radius 3 is 2.45 bits per heavy atom. The van der Waals surface area contributed by atoms with Crippen LogP contribution in [0.5, 0.6) is 5.75 Å². The van der Waals surface area contributed by atoms with E-state index in [1.165, 1.54) is 4.88 Å². The van der Waals surface area contributed by atoms with Crippen molar-refractivity contribution in [3.05, 3.63) is 66.0 Å². The minimum atomic E-state index is 0.845. The molecule has 4 rings (SSSR count). The second kappa shape index (κ2) is 5.35. The van der Waals surface area contributed by atoms with Gasteiger partial charge >= 0.3 is 0 Å². The number of rotatable bonds is 3. The zero-order valence-corrected chi connectivity index (χ0v) is 12.9. The van der Waals surface area contributed by atoms with Crippen LogP contribution in [0.4, 0.5) is 0 Å². The first-order valence-electron chi connectivity index (χ1n) is 7.06. The highest BCUT2D eigenvalue weighted by atomic mass is 32.1. The van der Waals surface area contributed by atoms with Crippen LogP contribution in [-0.2, 0) is 0 Å². The molecule has 2 aromatic heterocycles. The number of ether oxygens (including phenoxy) is 1. The molecule has 108 valence electrons. The summed E-state index contributed by atoms with van der Waals surface area (Å²) in [7, 11) is 1.67. The Bertz CT molecular complexity index is 902. The van der Waals surface area contributed by atoms with Gasteiger partial charge in [-0.15, -0.1) is 11.3 Å². The first kappa shape index (κ1) is 13.2. The quantitative estimate of drug-likeness (QED) is 0.474. The van der Waals surface area contributed by atoms with Crippen molar-refractivity contribution < 1.29 is 9.15 Å². The van der Waals surface area contributed by atoms with E-state index in [2.05, 4.69) is 23.6 Å². The van der Waals surface area contributed by atoms with Crippen LogP contribution in [0.3, 0.4) is 0 Å². The summed E-state index contributed by atoms with van der Waals surface area (Å²) in [5.41, 5.74) is 3.13. The Kier molecular flexibility index (Phi) is 3.20. The molecule has 0 aliphatic carbocycles. The van der Waals surface area contributed by atoms with Gasteiger partial charge in [-0.2, -0.15) is 0 Å². The van der Waals surface area contributed by atoms with Gasteiger partial charge in [-0.05, 0) is 41.8 Å². The van der Waals surface area contributed by atoms with E-state index in [1.807, 2.05) is 42.5 Å². The van der Waals surface area contributed by atoms with Gasteiger partial charge in [-0.1, -0.05) is 24.3 Å². The molecule has 2 nitrogen and oxygen atoms in total. The first-order valence-corrected chi connectivity index (χ1v) is 7.94. The van der Waals surface area contributed by atoms with Gasteiger partial charge in [0, 0.05) is 21.4 Å². The number of fused-ring (bicyclic) bond motifs is 1. The summed E-state index contributed by atoms with van der Waals surface area (Å²) in [6, 6.07) is 20.4. The third-order valence-corrected chi connectivity index (χ3v) is 4.60. The Balaban J connectivity index is 1.98. The fourth-order valence-electron chi connectivity index (χ4n) is 2.66. The summed E-state index contributed by atoms with van der Waals surface area (Å²) in [6.45, 7) is 0. The second-order valence-electron chi connectivity index (χ2n) is 5.01. The van der Waals surface area contributed by atoms with Crippen molar-refractivity contribution in [3.63, 3.8) is 0 Å². The van der Waals surface area contributed by atoms with Crippen molar-refractivity contribution in [1.29, 1.82) is 0 Å². The largest absolute Gasteiger partial charge is 0.497 e. The van der Waals surface area contributed by atoms with Gasteiger partial charge in [0.2, 0.25) is 0 Å². The Hall–Kier alpha value is -2.52. The molecule has 0 aliphatic rings. The van der Waals surface area contributed by atoms with Crippen molar-refractivity contribution >= 4 is 22.3 Å². The molecule has 0 unspecified atom stereocenters. The Labute approximate surface area is 132 Å². The van der Waals surface area contributed by atoms with Crippen molar-refractivity contribution in [1.82, 2.24) is 0 Å². The van der Waals surface area contributed by atoms with E-state index in [1.54, 1.807) is 18.4 Å². The maximum absolute atomic E-state index is 6.15.